The van der Waals surface area contributed by atoms with Crippen molar-refractivity contribution >= 4 is 36.5 Å². The van der Waals surface area contributed by atoms with E-state index in [0.29, 0.717) is 19.4 Å². The molecule has 1 aliphatic heterocycles. The van der Waals surface area contributed by atoms with E-state index < -0.39 is 19.1 Å². The monoisotopic (exact) mass is 511 g/mol. The van der Waals surface area contributed by atoms with Gasteiger partial charge in [-0.2, -0.15) is 0 Å². The maximum absolute atomic E-state index is 13.7. The van der Waals surface area contributed by atoms with Crippen LogP contribution in [0.1, 0.15) is 56.6 Å². The van der Waals surface area contributed by atoms with Gasteiger partial charge in [0, 0.05) is 36.5 Å². The van der Waals surface area contributed by atoms with Gasteiger partial charge >= 0.3 is 13.1 Å². The van der Waals surface area contributed by atoms with Gasteiger partial charge in [-0.3, -0.25) is 19.4 Å². The van der Waals surface area contributed by atoms with Crippen molar-refractivity contribution < 1.29 is 23.7 Å². The summed E-state index contributed by atoms with van der Waals surface area (Å²) in [5, 5.41) is 2.67. The van der Waals surface area contributed by atoms with E-state index in [0.717, 1.165) is 5.56 Å². The SMILES string of the molecule is CC(C)C[C@H](CC(=O)[C@H](Cc1ccccc1)NC(=O)c1cnccn1)B1OC[C@@H](C)S[C@@H](C)C(=O)O1. The van der Waals surface area contributed by atoms with Gasteiger partial charge in [0.05, 0.1) is 17.5 Å². The molecule has 4 atom stereocenters. The van der Waals surface area contributed by atoms with Crippen LogP contribution in [0.15, 0.2) is 48.9 Å². The zero-order valence-corrected chi connectivity index (χ0v) is 22.1. The summed E-state index contributed by atoms with van der Waals surface area (Å²) < 4.78 is 11.7. The van der Waals surface area contributed by atoms with Crippen molar-refractivity contribution in [3.63, 3.8) is 0 Å². The standard InChI is InChI=1S/C26H34BN3O5S/c1-17(2)12-21(27-34-16-18(3)36-19(4)26(33)35-27)14-24(31)22(13-20-8-6-5-7-9-20)30-25(32)23-15-28-10-11-29-23/h5-11,15,17-19,21-22H,12-14,16H2,1-4H3,(H,30,32)/t18-,19+,21-,22+/m1/s1. The number of Topliss-reactive ketones (excluding diaryl/α,β-unsaturated/α-hetero) is 1. The van der Waals surface area contributed by atoms with Gasteiger partial charge in [-0.05, 0) is 31.2 Å². The van der Waals surface area contributed by atoms with Crippen molar-refractivity contribution in [3.05, 3.63) is 60.2 Å². The minimum Gasteiger partial charge on any atom is -0.508 e. The molecule has 1 aliphatic rings. The Bertz CT molecular complexity index is 1010. The Balaban J connectivity index is 1.81. The molecule has 1 fully saturated rings. The Morgan fingerprint density at radius 3 is 2.61 bits per heavy atom. The van der Waals surface area contributed by atoms with E-state index in [9.17, 15) is 14.4 Å². The smallest absolute Gasteiger partial charge is 0.508 e. The van der Waals surface area contributed by atoms with Crippen LogP contribution in [0.5, 0.6) is 0 Å². The molecule has 0 bridgehead atoms. The zero-order chi connectivity index (χ0) is 26.1. The second-order valence-electron chi connectivity index (χ2n) is 9.59. The van der Waals surface area contributed by atoms with Gasteiger partial charge in [0.2, 0.25) is 0 Å². The normalized spacial score (nSPS) is 20.1. The van der Waals surface area contributed by atoms with Gasteiger partial charge < -0.3 is 14.6 Å². The fraction of sp³-hybridized carbons (Fsp3) is 0.500. The topological polar surface area (TPSA) is 107 Å². The highest BCUT2D eigenvalue weighted by atomic mass is 32.2. The van der Waals surface area contributed by atoms with Crippen LogP contribution in [0.2, 0.25) is 5.82 Å². The Kier molecular flexibility index (Phi) is 10.5. The third kappa shape index (κ3) is 8.45. The van der Waals surface area contributed by atoms with Crippen LogP contribution in [0.3, 0.4) is 0 Å². The lowest BCUT2D eigenvalue weighted by molar-refractivity contribution is -0.135. The van der Waals surface area contributed by atoms with Crippen LogP contribution in [-0.4, -0.2) is 57.9 Å². The van der Waals surface area contributed by atoms with Gasteiger partial charge in [0.1, 0.15) is 5.69 Å². The molecule has 0 unspecified atom stereocenters. The van der Waals surface area contributed by atoms with Gasteiger partial charge in [-0.25, -0.2) is 4.98 Å². The van der Waals surface area contributed by atoms with E-state index in [4.69, 9.17) is 9.31 Å². The minimum absolute atomic E-state index is 0.101. The Morgan fingerprint density at radius 1 is 1.19 bits per heavy atom. The second kappa shape index (κ2) is 13.6. The fourth-order valence-electron chi connectivity index (χ4n) is 4.19. The molecule has 36 heavy (non-hydrogen) atoms. The summed E-state index contributed by atoms with van der Waals surface area (Å²) >= 11 is 1.51. The van der Waals surface area contributed by atoms with E-state index in [1.165, 1.54) is 30.4 Å². The molecule has 0 spiro atoms. The molecule has 2 heterocycles. The first-order chi connectivity index (χ1) is 17.2. The van der Waals surface area contributed by atoms with Gasteiger partial charge in [0.15, 0.2) is 5.78 Å². The first-order valence-electron chi connectivity index (χ1n) is 12.3. The highest BCUT2D eigenvalue weighted by molar-refractivity contribution is 8.01. The molecule has 8 nitrogen and oxygen atoms in total. The highest BCUT2D eigenvalue weighted by Crippen LogP contribution is 2.31. The van der Waals surface area contributed by atoms with E-state index in [1.54, 1.807) is 0 Å². The molecule has 2 aromatic rings. The number of hydrogen-bond donors (Lipinski definition) is 1. The van der Waals surface area contributed by atoms with Crippen LogP contribution < -0.4 is 5.32 Å². The number of amides is 1. The number of carbonyl (C=O) groups is 3. The number of rotatable bonds is 10. The van der Waals surface area contributed by atoms with E-state index in [2.05, 4.69) is 29.1 Å². The van der Waals surface area contributed by atoms with Crippen molar-refractivity contribution in [3.8, 4) is 0 Å². The molecule has 1 aromatic heterocycles. The molecule has 1 aromatic carbocycles. The highest BCUT2D eigenvalue weighted by Gasteiger charge is 2.40. The molecule has 0 aliphatic carbocycles. The second-order valence-corrected chi connectivity index (χ2v) is 11.4. The molecule has 1 amide bonds. The summed E-state index contributed by atoms with van der Waals surface area (Å²) in [6.45, 7) is 8.37. The number of hydrogen-bond acceptors (Lipinski definition) is 8. The fourth-order valence-corrected chi connectivity index (χ4v) is 5.21. The number of benzene rings is 1. The molecule has 3 rings (SSSR count). The van der Waals surface area contributed by atoms with Gasteiger partial charge in [-0.1, -0.05) is 51.1 Å². The number of aromatic nitrogens is 2. The van der Waals surface area contributed by atoms with Crippen LogP contribution in [0.4, 0.5) is 0 Å². The van der Waals surface area contributed by atoms with Crippen LogP contribution in [-0.2, 0) is 25.3 Å². The van der Waals surface area contributed by atoms with E-state index >= 15 is 0 Å². The lowest BCUT2D eigenvalue weighted by atomic mass is 9.64. The van der Waals surface area contributed by atoms with Crippen molar-refractivity contribution in [2.45, 2.75) is 69.3 Å². The summed E-state index contributed by atoms with van der Waals surface area (Å²) in [7, 11) is -0.817. The molecular formula is C26H34BN3O5S. The quantitative estimate of drug-likeness (QED) is 0.481. The first-order valence-corrected chi connectivity index (χ1v) is 13.3. The number of nitrogens with zero attached hydrogens (tertiary/aromatic N) is 2. The summed E-state index contributed by atoms with van der Waals surface area (Å²) in [5.74, 6) is -1.04. The van der Waals surface area contributed by atoms with Crippen molar-refractivity contribution in [2.75, 3.05) is 6.61 Å². The number of nitrogens with one attached hydrogen (secondary N) is 1. The summed E-state index contributed by atoms with van der Waals surface area (Å²) in [6, 6.07) is 8.74. The first kappa shape index (κ1) is 27.9. The zero-order valence-electron chi connectivity index (χ0n) is 21.3. The van der Waals surface area contributed by atoms with Crippen molar-refractivity contribution in [1.29, 1.82) is 0 Å². The molecule has 1 N–H and O–H groups in total. The molecule has 0 radical (unpaired) electrons. The average Bonchev–Trinajstić information content (AvgIpc) is 2.85. The summed E-state index contributed by atoms with van der Waals surface area (Å²) in [5.41, 5.74) is 1.06. The molecule has 192 valence electrons. The Hall–Kier alpha value is -2.72. The van der Waals surface area contributed by atoms with Crippen LogP contribution in [0.25, 0.3) is 0 Å². The summed E-state index contributed by atoms with van der Waals surface area (Å²) in [6.07, 6.45) is 5.35. The van der Waals surface area contributed by atoms with Crippen LogP contribution >= 0.6 is 11.8 Å². The number of ketones is 1. The molecule has 1 saturated heterocycles. The Morgan fingerprint density at radius 2 is 1.94 bits per heavy atom. The minimum atomic E-state index is -0.817. The largest absolute Gasteiger partial charge is 0.531 e. The lowest BCUT2D eigenvalue weighted by Crippen LogP contribution is -2.45. The van der Waals surface area contributed by atoms with Gasteiger partial charge in [0.25, 0.3) is 5.91 Å². The van der Waals surface area contributed by atoms with Crippen molar-refractivity contribution in [2.24, 2.45) is 5.92 Å². The predicted octanol–water partition coefficient (Wildman–Crippen LogP) is 3.77. The summed E-state index contributed by atoms with van der Waals surface area (Å²) in [4.78, 5) is 47.1. The molecule has 10 heteroatoms. The van der Waals surface area contributed by atoms with E-state index in [-0.39, 0.29) is 46.1 Å². The Labute approximate surface area is 217 Å². The van der Waals surface area contributed by atoms with Crippen molar-refractivity contribution in [1.82, 2.24) is 15.3 Å². The third-order valence-corrected chi connectivity index (χ3v) is 7.09. The predicted molar refractivity (Wildman–Crippen MR) is 141 cm³/mol. The third-order valence-electron chi connectivity index (χ3n) is 5.89. The molecule has 0 saturated carbocycles. The van der Waals surface area contributed by atoms with Crippen LogP contribution in [0, 0.1) is 5.92 Å². The van der Waals surface area contributed by atoms with E-state index in [1.807, 2.05) is 44.2 Å². The maximum atomic E-state index is 13.7. The maximum Gasteiger partial charge on any atom is 0.531 e. The van der Waals surface area contributed by atoms with Gasteiger partial charge in [-0.15, -0.1) is 11.8 Å². The lowest BCUT2D eigenvalue weighted by Gasteiger charge is -2.30. The molecular weight excluding hydrogens is 477 g/mol. The number of thioether (sulfide) groups is 1. The average molecular weight is 511 g/mol. The number of carbonyl (C=O) groups excluding carboxylic acids is 3.